The van der Waals surface area contributed by atoms with Crippen LogP contribution in [0.25, 0.3) is 0 Å². The molecule has 0 aliphatic carbocycles. The first-order chi connectivity index (χ1) is 20.6. The molecule has 0 bridgehead atoms. The van der Waals surface area contributed by atoms with Gasteiger partial charge in [-0.25, -0.2) is 0 Å². The second-order valence-corrected chi connectivity index (χ2v) is 13.1. The average molecular weight is 604 g/mol. The number of ether oxygens (including phenoxy) is 1. The van der Waals surface area contributed by atoms with E-state index in [1.165, 1.54) is 4.90 Å². The Balaban J connectivity index is 1.46. The Labute approximate surface area is 257 Å². The van der Waals surface area contributed by atoms with Gasteiger partial charge in [0.25, 0.3) is 5.91 Å². The van der Waals surface area contributed by atoms with Crippen LogP contribution in [0.3, 0.4) is 0 Å². The van der Waals surface area contributed by atoms with Gasteiger partial charge in [-0.05, 0) is 49.1 Å². The smallest absolute Gasteiger partial charge is 0.253 e. The molecule has 4 aliphatic heterocycles. The highest BCUT2D eigenvalue weighted by Gasteiger charge is 2.75. The maximum Gasteiger partial charge on any atom is 0.253 e. The van der Waals surface area contributed by atoms with Crippen LogP contribution in [-0.4, -0.2) is 75.6 Å². The first kappa shape index (κ1) is 29.6. The molecule has 4 heterocycles. The Hall–Kier alpha value is -3.46. The second kappa shape index (κ2) is 11.2. The number of anilines is 1. The number of likely N-dealkylation sites (tertiary alicyclic amines) is 1. The number of nitrogens with zero attached hydrogens (tertiary/aromatic N) is 3. The van der Waals surface area contributed by atoms with Crippen LogP contribution in [0.5, 0.6) is 0 Å². The van der Waals surface area contributed by atoms with Gasteiger partial charge in [0.1, 0.15) is 11.6 Å². The summed E-state index contributed by atoms with van der Waals surface area (Å²) in [7, 11) is 0. The van der Waals surface area contributed by atoms with Gasteiger partial charge < -0.3 is 24.5 Å². The molecule has 2 aromatic rings. The van der Waals surface area contributed by atoms with Crippen molar-refractivity contribution in [2.75, 3.05) is 24.6 Å². The zero-order chi connectivity index (χ0) is 30.5. The lowest BCUT2D eigenvalue weighted by molar-refractivity contribution is -0.151. The normalized spacial score (nSPS) is 30.8. The van der Waals surface area contributed by atoms with Gasteiger partial charge in [-0.1, -0.05) is 80.1 Å². The molecule has 0 aromatic heterocycles. The van der Waals surface area contributed by atoms with Crippen LogP contribution in [0, 0.1) is 17.8 Å². The van der Waals surface area contributed by atoms with E-state index in [4.69, 9.17) is 16.3 Å². The van der Waals surface area contributed by atoms with Crippen molar-refractivity contribution in [1.29, 1.82) is 0 Å². The molecular weight excluding hydrogens is 566 g/mol. The van der Waals surface area contributed by atoms with E-state index in [1.54, 1.807) is 34.1 Å². The molecule has 2 aromatic carbocycles. The SMILES string of the molecule is CC(C)C[C@H](CO)N1C(=O)[C@@H]2[C@H]3C(=O)N(Cc4ccccc4)CC=C[C@@]3(C)O[C@@]23C=CCN(c2ccc(Cl)cc2)C(=O)C13. The van der Waals surface area contributed by atoms with E-state index in [0.717, 1.165) is 5.56 Å². The monoisotopic (exact) mass is 603 g/mol. The number of halogens is 1. The predicted octanol–water partition coefficient (Wildman–Crippen LogP) is 4.22. The quantitative estimate of drug-likeness (QED) is 0.479. The molecule has 0 saturated carbocycles. The van der Waals surface area contributed by atoms with Crippen LogP contribution >= 0.6 is 11.6 Å². The van der Waals surface area contributed by atoms with Crippen LogP contribution in [0.2, 0.25) is 5.02 Å². The molecule has 6 rings (SSSR count). The Bertz CT molecular complexity index is 1460. The fourth-order valence-corrected chi connectivity index (χ4v) is 7.65. The highest BCUT2D eigenvalue weighted by Crippen LogP contribution is 2.58. The topological polar surface area (TPSA) is 90.4 Å². The van der Waals surface area contributed by atoms with Crippen molar-refractivity contribution in [3.63, 3.8) is 0 Å². The summed E-state index contributed by atoms with van der Waals surface area (Å²) >= 11 is 6.15. The molecule has 6 atom stereocenters. The molecule has 9 heteroatoms. The Morgan fingerprint density at radius 3 is 2.30 bits per heavy atom. The van der Waals surface area contributed by atoms with Crippen LogP contribution in [0.4, 0.5) is 5.69 Å². The van der Waals surface area contributed by atoms with E-state index in [9.17, 15) is 19.5 Å². The molecule has 3 amide bonds. The zero-order valence-electron chi connectivity index (χ0n) is 24.7. The zero-order valence-corrected chi connectivity index (χ0v) is 25.5. The summed E-state index contributed by atoms with van der Waals surface area (Å²) in [5.41, 5.74) is -0.881. The molecule has 1 unspecified atom stereocenters. The minimum Gasteiger partial charge on any atom is -0.394 e. The van der Waals surface area contributed by atoms with E-state index in [1.807, 2.05) is 75.4 Å². The summed E-state index contributed by atoms with van der Waals surface area (Å²) in [5.74, 6) is -2.48. The molecule has 226 valence electrons. The molecule has 2 fully saturated rings. The van der Waals surface area contributed by atoms with Crippen molar-refractivity contribution >= 4 is 35.0 Å². The second-order valence-electron chi connectivity index (χ2n) is 12.6. The maximum absolute atomic E-state index is 14.7. The summed E-state index contributed by atoms with van der Waals surface area (Å²) < 4.78 is 6.94. The first-order valence-electron chi connectivity index (χ1n) is 15.0. The Morgan fingerprint density at radius 1 is 0.930 bits per heavy atom. The van der Waals surface area contributed by atoms with Gasteiger partial charge in [0.15, 0.2) is 0 Å². The molecule has 4 aliphatic rings. The van der Waals surface area contributed by atoms with E-state index >= 15 is 0 Å². The molecule has 8 nitrogen and oxygen atoms in total. The highest BCUT2D eigenvalue weighted by molar-refractivity contribution is 6.30. The summed E-state index contributed by atoms with van der Waals surface area (Å²) in [6, 6.07) is 15.1. The van der Waals surface area contributed by atoms with Crippen LogP contribution in [0.15, 0.2) is 78.9 Å². The van der Waals surface area contributed by atoms with Crippen LogP contribution in [-0.2, 0) is 25.7 Å². The van der Waals surface area contributed by atoms with Crippen LogP contribution < -0.4 is 4.90 Å². The molecule has 1 spiro atoms. The molecular formula is C34H38ClN3O5. The number of benzene rings is 2. The molecule has 43 heavy (non-hydrogen) atoms. The third kappa shape index (κ3) is 4.89. The average Bonchev–Trinajstić information content (AvgIpc) is 3.26. The standard InChI is InChI=1S/C34H38ClN3O5/c1-22(2)19-26(21-39)38-29-32(42)37(25-13-11-24(35)12-14-25)18-8-16-34(29)28(31(38)41)27-30(40)36(17-7-15-33(27,3)43-34)20-23-9-5-4-6-10-23/h4-16,22,26-29,39H,17-21H2,1-3H3/t26-,27+,28+,29?,33-,34+/m1/s1. The molecule has 2 saturated heterocycles. The minimum atomic E-state index is -1.39. The van der Waals surface area contributed by atoms with Crippen molar-refractivity contribution in [2.45, 2.75) is 57.0 Å². The summed E-state index contributed by atoms with van der Waals surface area (Å²) in [5, 5.41) is 11.1. The predicted molar refractivity (Wildman–Crippen MR) is 164 cm³/mol. The number of hydrogen-bond donors (Lipinski definition) is 1. The lowest BCUT2D eigenvalue weighted by Crippen LogP contribution is -2.59. The number of aliphatic hydroxyl groups is 1. The fourth-order valence-electron chi connectivity index (χ4n) is 7.52. The number of fused-ring (bicyclic) bond motifs is 2. The number of aliphatic hydroxyl groups excluding tert-OH is 1. The van der Waals surface area contributed by atoms with Crippen molar-refractivity contribution in [1.82, 2.24) is 9.80 Å². The number of hydrogen-bond acceptors (Lipinski definition) is 5. The van der Waals surface area contributed by atoms with E-state index in [2.05, 4.69) is 0 Å². The van der Waals surface area contributed by atoms with Gasteiger partial charge in [-0.15, -0.1) is 0 Å². The van der Waals surface area contributed by atoms with Gasteiger partial charge in [0, 0.05) is 30.3 Å². The number of amides is 3. The molecule has 1 N–H and O–H groups in total. The van der Waals surface area contributed by atoms with Gasteiger partial charge in [0.05, 0.1) is 30.1 Å². The maximum atomic E-state index is 14.7. The third-order valence-corrected chi connectivity index (χ3v) is 9.53. The summed E-state index contributed by atoms with van der Waals surface area (Å²) in [4.78, 5) is 48.8. The van der Waals surface area contributed by atoms with Gasteiger partial charge in [-0.3, -0.25) is 14.4 Å². The number of carbonyl (C=O) groups excluding carboxylic acids is 3. The highest BCUT2D eigenvalue weighted by atomic mass is 35.5. The van der Waals surface area contributed by atoms with Crippen molar-refractivity contribution in [3.05, 3.63) is 89.5 Å². The molecule has 0 radical (unpaired) electrons. The van der Waals surface area contributed by atoms with E-state index < -0.39 is 35.1 Å². The largest absolute Gasteiger partial charge is 0.394 e. The van der Waals surface area contributed by atoms with E-state index in [0.29, 0.717) is 30.2 Å². The van der Waals surface area contributed by atoms with Gasteiger partial charge in [-0.2, -0.15) is 0 Å². The van der Waals surface area contributed by atoms with Crippen molar-refractivity contribution in [3.8, 4) is 0 Å². The minimum absolute atomic E-state index is 0.153. The summed E-state index contributed by atoms with van der Waals surface area (Å²) in [6.45, 7) is 6.61. The number of carbonyl (C=O) groups is 3. The van der Waals surface area contributed by atoms with Crippen molar-refractivity contribution in [2.24, 2.45) is 17.8 Å². The van der Waals surface area contributed by atoms with Crippen molar-refractivity contribution < 1.29 is 24.2 Å². The summed E-state index contributed by atoms with van der Waals surface area (Å²) in [6.07, 6.45) is 8.00. The fraction of sp³-hybridized carbons (Fsp3) is 0.441. The first-order valence-corrected chi connectivity index (χ1v) is 15.4. The lowest BCUT2D eigenvalue weighted by Gasteiger charge is -2.40. The van der Waals surface area contributed by atoms with E-state index in [-0.39, 0.29) is 36.8 Å². The lowest BCUT2D eigenvalue weighted by atomic mass is 9.74. The van der Waals surface area contributed by atoms with Crippen LogP contribution in [0.1, 0.15) is 32.8 Å². The third-order valence-electron chi connectivity index (χ3n) is 9.28. The Kier molecular flexibility index (Phi) is 7.73. The Morgan fingerprint density at radius 2 is 1.63 bits per heavy atom. The van der Waals surface area contributed by atoms with Gasteiger partial charge in [0.2, 0.25) is 11.8 Å². The number of rotatable bonds is 7. The van der Waals surface area contributed by atoms with Gasteiger partial charge >= 0.3 is 0 Å².